The molecule has 2 N–H and O–H groups in total. The van der Waals surface area contributed by atoms with Crippen molar-refractivity contribution in [2.75, 3.05) is 6.61 Å². The number of aromatic nitrogens is 2. The third-order valence-electron chi connectivity index (χ3n) is 3.81. The fraction of sp³-hybridized carbons (Fsp3) is 0.438. The monoisotopic (exact) mass is 271 g/mol. The lowest BCUT2D eigenvalue weighted by Crippen LogP contribution is -2.16. The summed E-state index contributed by atoms with van der Waals surface area (Å²) < 4.78 is 7.72. The van der Waals surface area contributed by atoms with Crippen molar-refractivity contribution >= 4 is 0 Å². The topological polar surface area (TPSA) is 53.1 Å². The van der Waals surface area contributed by atoms with E-state index in [0.29, 0.717) is 0 Å². The quantitative estimate of drug-likeness (QED) is 0.909. The Hall–Kier alpha value is -1.81. The highest BCUT2D eigenvalue weighted by Crippen LogP contribution is 2.28. The van der Waals surface area contributed by atoms with Crippen LogP contribution in [0.15, 0.2) is 30.6 Å². The lowest BCUT2D eigenvalue weighted by molar-refractivity contribution is 0.357. The molecular weight excluding hydrogens is 250 g/mol. The van der Waals surface area contributed by atoms with Crippen molar-refractivity contribution in [1.82, 2.24) is 9.55 Å². The summed E-state index contributed by atoms with van der Waals surface area (Å²) >= 11 is 0. The van der Waals surface area contributed by atoms with Crippen LogP contribution < -0.4 is 10.5 Å². The number of hydrogen-bond donors (Lipinski definition) is 1. The first-order valence-electron chi connectivity index (χ1n) is 7.29. The Morgan fingerprint density at radius 1 is 1.45 bits per heavy atom. The molecule has 0 saturated heterocycles. The molecule has 0 aliphatic carbocycles. The number of nitrogens with zero attached hydrogens (tertiary/aromatic N) is 2. The highest BCUT2D eigenvalue weighted by molar-refractivity contribution is 5.40. The highest BCUT2D eigenvalue weighted by Gasteiger charge is 2.16. The van der Waals surface area contributed by atoms with E-state index < -0.39 is 0 Å². The Morgan fingerprint density at radius 3 is 3.20 bits per heavy atom. The maximum Gasteiger partial charge on any atom is 0.122 e. The van der Waals surface area contributed by atoms with E-state index in [1.807, 2.05) is 18.5 Å². The number of benzene rings is 1. The first-order chi connectivity index (χ1) is 9.78. The smallest absolute Gasteiger partial charge is 0.122 e. The van der Waals surface area contributed by atoms with Gasteiger partial charge in [0.1, 0.15) is 11.6 Å². The second kappa shape index (κ2) is 5.67. The average Bonchev–Trinajstić information content (AvgIpc) is 3.07. The van der Waals surface area contributed by atoms with E-state index in [0.717, 1.165) is 44.0 Å². The number of nitrogens with two attached hydrogens (primary N) is 1. The van der Waals surface area contributed by atoms with Crippen molar-refractivity contribution in [2.24, 2.45) is 5.73 Å². The summed E-state index contributed by atoms with van der Waals surface area (Å²) in [6.45, 7) is 3.96. The van der Waals surface area contributed by atoms with E-state index in [2.05, 4.69) is 28.6 Å². The number of imidazole rings is 1. The molecule has 4 nitrogen and oxygen atoms in total. The maximum atomic E-state index is 6.35. The summed E-state index contributed by atoms with van der Waals surface area (Å²) in [6, 6.07) is 6.27. The SMILES string of the molecule is CCCn1ccnc1CC(N)c1ccc2c(c1)CCO2. The van der Waals surface area contributed by atoms with Gasteiger partial charge in [0.15, 0.2) is 0 Å². The van der Waals surface area contributed by atoms with E-state index in [1.54, 1.807) is 0 Å². The molecule has 2 aromatic rings. The maximum absolute atomic E-state index is 6.35. The summed E-state index contributed by atoms with van der Waals surface area (Å²) in [6.07, 6.45) is 6.75. The van der Waals surface area contributed by atoms with Gasteiger partial charge in [0, 0.05) is 37.8 Å². The van der Waals surface area contributed by atoms with Crippen LogP contribution in [0.3, 0.4) is 0 Å². The lowest BCUT2D eigenvalue weighted by atomic mass is 10.0. The van der Waals surface area contributed by atoms with Crippen LogP contribution in [-0.2, 0) is 19.4 Å². The van der Waals surface area contributed by atoms with Gasteiger partial charge in [0.25, 0.3) is 0 Å². The van der Waals surface area contributed by atoms with Crippen LogP contribution >= 0.6 is 0 Å². The average molecular weight is 271 g/mol. The van der Waals surface area contributed by atoms with Crippen LogP contribution in [-0.4, -0.2) is 16.2 Å². The van der Waals surface area contributed by atoms with Gasteiger partial charge in [-0.25, -0.2) is 4.98 Å². The number of ether oxygens (including phenoxy) is 1. The van der Waals surface area contributed by atoms with E-state index in [4.69, 9.17) is 10.5 Å². The van der Waals surface area contributed by atoms with Gasteiger partial charge < -0.3 is 15.0 Å². The van der Waals surface area contributed by atoms with Gasteiger partial charge in [-0.1, -0.05) is 19.1 Å². The molecule has 4 heteroatoms. The molecule has 2 heterocycles. The Kier molecular flexibility index (Phi) is 3.74. The zero-order chi connectivity index (χ0) is 13.9. The molecule has 0 radical (unpaired) electrons. The van der Waals surface area contributed by atoms with Crippen LogP contribution in [0.2, 0.25) is 0 Å². The predicted molar refractivity (Wildman–Crippen MR) is 78.8 cm³/mol. The third kappa shape index (κ3) is 2.56. The molecule has 1 unspecified atom stereocenters. The minimum absolute atomic E-state index is 0.0149. The molecule has 0 spiro atoms. The van der Waals surface area contributed by atoms with Crippen molar-refractivity contribution < 1.29 is 4.74 Å². The normalized spacial score (nSPS) is 14.9. The molecule has 0 saturated carbocycles. The molecule has 0 amide bonds. The van der Waals surface area contributed by atoms with Gasteiger partial charge in [0.2, 0.25) is 0 Å². The number of aryl methyl sites for hydroxylation is 1. The van der Waals surface area contributed by atoms with Gasteiger partial charge in [-0.2, -0.15) is 0 Å². The fourth-order valence-corrected chi connectivity index (χ4v) is 2.73. The molecule has 106 valence electrons. The zero-order valence-electron chi connectivity index (χ0n) is 11.9. The number of hydrogen-bond acceptors (Lipinski definition) is 3. The van der Waals surface area contributed by atoms with E-state index in [9.17, 15) is 0 Å². The van der Waals surface area contributed by atoms with Gasteiger partial charge >= 0.3 is 0 Å². The van der Waals surface area contributed by atoms with Gasteiger partial charge in [-0.3, -0.25) is 0 Å². The predicted octanol–water partition coefficient (Wildman–Crippen LogP) is 2.47. The first kappa shape index (κ1) is 13.2. The van der Waals surface area contributed by atoms with Crippen LogP contribution in [0.5, 0.6) is 5.75 Å². The second-order valence-electron chi connectivity index (χ2n) is 5.31. The summed E-state index contributed by atoms with van der Waals surface area (Å²) in [5.74, 6) is 2.07. The standard InChI is InChI=1S/C16H21N3O/c1-2-7-19-8-6-18-16(19)11-14(17)12-3-4-15-13(10-12)5-9-20-15/h3-4,6,8,10,14H,2,5,7,9,11,17H2,1H3. The molecule has 1 aliphatic heterocycles. The Balaban J connectivity index is 1.75. The second-order valence-corrected chi connectivity index (χ2v) is 5.31. The third-order valence-corrected chi connectivity index (χ3v) is 3.81. The van der Waals surface area contributed by atoms with Crippen LogP contribution in [0.4, 0.5) is 0 Å². The Bertz CT molecular complexity index is 591. The van der Waals surface area contributed by atoms with E-state index in [1.165, 1.54) is 11.1 Å². The van der Waals surface area contributed by atoms with E-state index in [-0.39, 0.29) is 6.04 Å². The molecule has 1 aliphatic rings. The molecule has 20 heavy (non-hydrogen) atoms. The minimum Gasteiger partial charge on any atom is -0.493 e. The van der Waals surface area contributed by atoms with Crippen LogP contribution in [0, 0.1) is 0 Å². The van der Waals surface area contributed by atoms with Crippen molar-refractivity contribution in [2.45, 2.75) is 38.8 Å². The summed E-state index contributed by atoms with van der Waals surface area (Å²) in [5.41, 5.74) is 8.79. The fourth-order valence-electron chi connectivity index (χ4n) is 2.73. The van der Waals surface area contributed by atoms with Crippen molar-refractivity contribution in [1.29, 1.82) is 0 Å². The van der Waals surface area contributed by atoms with Crippen LogP contribution in [0.1, 0.15) is 36.3 Å². The molecule has 0 bridgehead atoms. The van der Waals surface area contributed by atoms with Gasteiger partial charge in [0.05, 0.1) is 6.61 Å². The van der Waals surface area contributed by atoms with Crippen molar-refractivity contribution in [3.8, 4) is 5.75 Å². The van der Waals surface area contributed by atoms with Crippen LogP contribution in [0.25, 0.3) is 0 Å². The van der Waals surface area contributed by atoms with Gasteiger partial charge in [-0.05, 0) is 23.6 Å². The zero-order valence-corrected chi connectivity index (χ0v) is 11.9. The largest absolute Gasteiger partial charge is 0.493 e. The molecule has 3 rings (SSSR count). The van der Waals surface area contributed by atoms with E-state index >= 15 is 0 Å². The lowest BCUT2D eigenvalue weighted by Gasteiger charge is -2.14. The Labute approximate surface area is 119 Å². The first-order valence-corrected chi connectivity index (χ1v) is 7.29. The highest BCUT2D eigenvalue weighted by atomic mass is 16.5. The van der Waals surface area contributed by atoms with Crippen molar-refractivity contribution in [3.63, 3.8) is 0 Å². The molecule has 1 atom stereocenters. The molecule has 1 aromatic heterocycles. The number of fused-ring (bicyclic) bond motifs is 1. The molecule has 1 aromatic carbocycles. The molecular formula is C16H21N3O. The summed E-state index contributed by atoms with van der Waals surface area (Å²) in [7, 11) is 0. The number of rotatable bonds is 5. The molecule has 0 fully saturated rings. The minimum atomic E-state index is -0.0149. The summed E-state index contributed by atoms with van der Waals surface area (Å²) in [4.78, 5) is 4.43. The summed E-state index contributed by atoms with van der Waals surface area (Å²) in [5, 5.41) is 0. The van der Waals surface area contributed by atoms with Crippen molar-refractivity contribution in [3.05, 3.63) is 47.5 Å². The Morgan fingerprint density at radius 2 is 2.35 bits per heavy atom. The van der Waals surface area contributed by atoms with Gasteiger partial charge in [-0.15, -0.1) is 0 Å².